The van der Waals surface area contributed by atoms with Crippen LogP contribution in [0.5, 0.6) is 0 Å². The van der Waals surface area contributed by atoms with Gasteiger partial charge in [-0.3, -0.25) is 0 Å². The summed E-state index contributed by atoms with van der Waals surface area (Å²) in [5.41, 5.74) is 3.17. The summed E-state index contributed by atoms with van der Waals surface area (Å²) in [5, 5.41) is 21.8. The van der Waals surface area contributed by atoms with Crippen LogP contribution in [0.2, 0.25) is 0 Å². The number of aliphatic carboxylic acids is 2. The Labute approximate surface area is 181 Å². The van der Waals surface area contributed by atoms with Crippen LogP contribution in [-0.4, -0.2) is 11.9 Å². The van der Waals surface area contributed by atoms with Crippen molar-refractivity contribution in [2.75, 3.05) is 0 Å². The van der Waals surface area contributed by atoms with Crippen molar-refractivity contribution in [2.24, 2.45) is 0 Å². The summed E-state index contributed by atoms with van der Waals surface area (Å²) >= 11 is 0. The SMILES string of the molecule is CC(C)=CCC/C(C)=C/CC/C(C)=C/C/C(C(=O)[O-])=C(\C)C(=O)[O-].[Li+].[Li+]. The van der Waals surface area contributed by atoms with E-state index in [4.69, 9.17) is 0 Å². The fourth-order valence-electron chi connectivity index (χ4n) is 2.13. The van der Waals surface area contributed by atoms with Gasteiger partial charge in [0, 0.05) is 0 Å². The first-order chi connectivity index (χ1) is 11.1. The van der Waals surface area contributed by atoms with Crippen molar-refractivity contribution >= 4 is 11.9 Å². The van der Waals surface area contributed by atoms with Crippen molar-refractivity contribution in [1.29, 1.82) is 0 Å². The Morgan fingerprint density at radius 1 is 0.731 bits per heavy atom. The van der Waals surface area contributed by atoms with Crippen LogP contribution in [0.4, 0.5) is 0 Å². The van der Waals surface area contributed by atoms with Crippen LogP contribution in [0, 0.1) is 0 Å². The summed E-state index contributed by atoms with van der Waals surface area (Å²) < 4.78 is 0. The minimum Gasteiger partial charge on any atom is -0.545 e. The van der Waals surface area contributed by atoms with Gasteiger partial charge in [0.1, 0.15) is 0 Å². The fraction of sp³-hybridized carbons (Fsp3) is 0.500. The average molecular weight is 346 g/mol. The van der Waals surface area contributed by atoms with Crippen LogP contribution in [0.3, 0.4) is 0 Å². The van der Waals surface area contributed by atoms with E-state index in [9.17, 15) is 19.8 Å². The molecule has 0 fully saturated rings. The molecule has 0 aliphatic rings. The second-order valence-corrected chi connectivity index (χ2v) is 6.34. The topological polar surface area (TPSA) is 80.3 Å². The number of hydrogen-bond donors (Lipinski definition) is 0. The molecule has 6 heteroatoms. The van der Waals surface area contributed by atoms with Crippen LogP contribution in [0.1, 0.15) is 66.7 Å². The van der Waals surface area contributed by atoms with Crippen molar-refractivity contribution < 1.29 is 57.5 Å². The third kappa shape index (κ3) is 14.3. The molecule has 0 rings (SSSR count). The molecule has 0 saturated carbocycles. The number of carboxylic acid groups (broad SMARTS) is 2. The molecule has 0 amide bonds. The molecule has 0 aliphatic carbocycles. The van der Waals surface area contributed by atoms with Gasteiger partial charge in [-0.2, -0.15) is 0 Å². The van der Waals surface area contributed by atoms with E-state index >= 15 is 0 Å². The van der Waals surface area contributed by atoms with Gasteiger partial charge in [-0.1, -0.05) is 34.9 Å². The van der Waals surface area contributed by atoms with Crippen LogP contribution in [0.25, 0.3) is 0 Å². The van der Waals surface area contributed by atoms with Crippen molar-refractivity contribution in [3.05, 3.63) is 46.1 Å². The van der Waals surface area contributed by atoms with Gasteiger partial charge >= 0.3 is 37.7 Å². The minimum atomic E-state index is -1.48. The van der Waals surface area contributed by atoms with E-state index in [0.717, 1.165) is 31.3 Å². The molecule has 0 N–H and O–H groups in total. The quantitative estimate of drug-likeness (QED) is 0.235. The molecule has 0 aliphatic heterocycles. The first kappa shape index (κ1) is 29.8. The largest absolute Gasteiger partial charge is 1.00 e. The predicted octanol–water partition coefficient (Wildman–Crippen LogP) is -3.38. The Balaban J connectivity index is -0.00000264. The van der Waals surface area contributed by atoms with Crippen molar-refractivity contribution in [3.8, 4) is 0 Å². The number of carbonyl (C=O) groups excluding carboxylic acids is 2. The van der Waals surface area contributed by atoms with E-state index < -0.39 is 11.9 Å². The summed E-state index contributed by atoms with van der Waals surface area (Å²) in [5.74, 6) is -2.94. The molecule has 134 valence electrons. The van der Waals surface area contributed by atoms with E-state index in [1.54, 1.807) is 6.08 Å². The molecular weight excluding hydrogens is 318 g/mol. The second kappa shape index (κ2) is 16.3. The Morgan fingerprint density at radius 2 is 1.19 bits per heavy atom. The van der Waals surface area contributed by atoms with Crippen LogP contribution < -0.4 is 47.9 Å². The molecule has 0 unspecified atom stereocenters. The Morgan fingerprint density at radius 3 is 1.62 bits per heavy atom. The zero-order valence-corrected chi connectivity index (χ0v) is 17.4. The monoisotopic (exact) mass is 346 g/mol. The van der Waals surface area contributed by atoms with Crippen molar-refractivity contribution in [2.45, 2.75) is 66.7 Å². The van der Waals surface area contributed by atoms with E-state index in [-0.39, 0.29) is 55.3 Å². The van der Waals surface area contributed by atoms with Crippen LogP contribution in [0.15, 0.2) is 46.1 Å². The number of carboxylic acids is 2. The van der Waals surface area contributed by atoms with Gasteiger partial charge in [0.25, 0.3) is 0 Å². The Kier molecular flexibility index (Phi) is 18.7. The molecule has 0 spiro atoms. The zero-order valence-electron chi connectivity index (χ0n) is 17.4. The molecule has 0 heterocycles. The first-order valence-electron chi connectivity index (χ1n) is 8.22. The van der Waals surface area contributed by atoms with Gasteiger partial charge in [-0.25, -0.2) is 0 Å². The minimum absolute atomic E-state index is 0. The standard InChI is InChI=1S/C20H30O4.2Li/c1-14(2)8-6-9-15(3)10-7-11-16(4)12-13-18(20(23)24)17(5)19(21)22;;/h8,10,12H,6-7,9,11,13H2,1-5H3,(H,21,22)(H,23,24);;/q;2*+1/p-2/b15-10+,16-12+,18-17-;;. The molecule has 4 nitrogen and oxygen atoms in total. The van der Waals surface area contributed by atoms with Gasteiger partial charge in [-0.15, -0.1) is 0 Å². The predicted molar refractivity (Wildman–Crippen MR) is 92.7 cm³/mol. The van der Waals surface area contributed by atoms with Gasteiger partial charge in [0.15, 0.2) is 0 Å². The zero-order chi connectivity index (χ0) is 18.7. The molecule has 0 aromatic heterocycles. The summed E-state index contributed by atoms with van der Waals surface area (Å²) in [6.07, 6.45) is 9.96. The molecule has 0 bridgehead atoms. The van der Waals surface area contributed by atoms with Gasteiger partial charge in [-0.05, 0) is 77.9 Å². The maximum absolute atomic E-state index is 11.0. The van der Waals surface area contributed by atoms with Gasteiger partial charge < -0.3 is 19.8 Å². The van der Waals surface area contributed by atoms with Crippen LogP contribution >= 0.6 is 0 Å². The Hall–Kier alpha value is -0.905. The maximum atomic E-state index is 11.0. The molecule has 0 aromatic rings. The van der Waals surface area contributed by atoms with E-state index in [1.165, 1.54) is 18.1 Å². The van der Waals surface area contributed by atoms with Gasteiger partial charge in [0.2, 0.25) is 0 Å². The summed E-state index contributed by atoms with van der Waals surface area (Å²) in [7, 11) is 0. The third-order valence-electron chi connectivity index (χ3n) is 3.78. The van der Waals surface area contributed by atoms with Crippen molar-refractivity contribution in [1.82, 2.24) is 0 Å². The number of hydrogen-bond acceptors (Lipinski definition) is 4. The maximum Gasteiger partial charge on any atom is 1.00 e. The third-order valence-corrected chi connectivity index (χ3v) is 3.78. The Bertz CT molecular complexity index is 581. The second-order valence-electron chi connectivity index (χ2n) is 6.34. The van der Waals surface area contributed by atoms with Crippen LogP contribution in [-0.2, 0) is 9.59 Å². The molecule has 0 aromatic carbocycles. The first-order valence-corrected chi connectivity index (χ1v) is 8.22. The summed E-state index contributed by atoms with van der Waals surface area (Å²) in [4.78, 5) is 21.8. The number of carbonyl (C=O) groups is 2. The average Bonchev–Trinajstić information content (AvgIpc) is 2.46. The summed E-state index contributed by atoms with van der Waals surface area (Å²) in [6, 6.07) is 0. The van der Waals surface area contributed by atoms with E-state index in [2.05, 4.69) is 32.9 Å². The molecule has 26 heavy (non-hydrogen) atoms. The number of allylic oxidation sites excluding steroid dienone is 6. The summed E-state index contributed by atoms with van der Waals surface area (Å²) in [6.45, 7) is 9.42. The molecule has 0 atom stereocenters. The van der Waals surface area contributed by atoms with Gasteiger partial charge in [0.05, 0.1) is 11.9 Å². The molecular formula is C20H28Li2O4. The molecule has 0 saturated heterocycles. The van der Waals surface area contributed by atoms with E-state index in [1.807, 2.05) is 6.92 Å². The smallest absolute Gasteiger partial charge is 0.545 e. The van der Waals surface area contributed by atoms with E-state index in [0.29, 0.717) is 0 Å². The fourth-order valence-corrected chi connectivity index (χ4v) is 2.13. The number of rotatable bonds is 10. The molecule has 0 radical (unpaired) electrons. The van der Waals surface area contributed by atoms with Crippen molar-refractivity contribution in [3.63, 3.8) is 0 Å². The normalized spacial score (nSPS) is 12.3.